The Morgan fingerprint density at radius 3 is 2.48 bits per heavy atom. The van der Waals surface area contributed by atoms with E-state index in [1.807, 2.05) is 0 Å². The number of carbonyl (C=O) groups is 2. The molecule has 0 unspecified atom stereocenters. The molecule has 0 atom stereocenters. The van der Waals surface area contributed by atoms with E-state index in [9.17, 15) is 14.0 Å². The lowest BCUT2D eigenvalue weighted by Crippen LogP contribution is -2.42. The summed E-state index contributed by atoms with van der Waals surface area (Å²) in [6, 6.07) is 11.9. The average molecular weight is 478 g/mol. The largest absolute Gasteiger partial charge is 0.465 e. The highest BCUT2D eigenvalue weighted by Crippen LogP contribution is 2.42. The maximum absolute atomic E-state index is 13.1. The molecule has 0 bridgehead atoms. The highest BCUT2D eigenvalue weighted by Gasteiger charge is 2.30. The van der Waals surface area contributed by atoms with Crippen LogP contribution in [0.2, 0.25) is 10.0 Å². The molecule has 3 aromatic rings. The summed E-state index contributed by atoms with van der Waals surface area (Å²) in [5.41, 5.74) is 1.52. The van der Waals surface area contributed by atoms with E-state index in [0.29, 0.717) is 16.4 Å². The molecule has 1 aromatic heterocycles. The minimum Gasteiger partial charge on any atom is -0.465 e. The zero-order valence-corrected chi connectivity index (χ0v) is 18.3. The molecule has 4 rings (SSSR count). The van der Waals surface area contributed by atoms with Crippen molar-refractivity contribution in [3.05, 3.63) is 75.7 Å². The molecule has 0 fully saturated rings. The Hall–Kier alpha value is -2.81. The van der Waals surface area contributed by atoms with E-state index >= 15 is 0 Å². The minimum atomic E-state index is -0.594. The standard InChI is InChI=1S/C21H14Cl2FN3O3S/c1-30-20(28)11-8-14(22)19(15(23)9-11)27-17-6-7-18(26-16(17)10-25-21(27)29)31-13-4-2-12(24)3-5-13/h2-9H,10H2,1H3,(H,25,29). The monoisotopic (exact) mass is 477 g/mol. The number of halogens is 3. The average Bonchev–Trinajstić information content (AvgIpc) is 2.75. The fraction of sp³-hybridized carbons (Fsp3) is 0.0952. The topological polar surface area (TPSA) is 71.5 Å². The van der Waals surface area contributed by atoms with Crippen molar-refractivity contribution in [2.75, 3.05) is 12.0 Å². The van der Waals surface area contributed by atoms with Crippen LogP contribution in [0.25, 0.3) is 0 Å². The lowest BCUT2D eigenvalue weighted by molar-refractivity contribution is 0.0600. The molecule has 1 aliphatic heterocycles. The Balaban J connectivity index is 1.71. The second kappa shape index (κ2) is 8.74. The second-order valence-corrected chi connectivity index (χ2v) is 8.35. The third-order valence-corrected chi connectivity index (χ3v) is 5.99. The number of anilines is 2. The Labute approximate surface area is 191 Å². The van der Waals surface area contributed by atoms with Crippen molar-refractivity contribution in [2.45, 2.75) is 16.5 Å². The summed E-state index contributed by atoms with van der Waals surface area (Å²) >= 11 is 14.1. The van der Waals surface area contributed by atoms with Gasteiger partial charge in [0.2, 0.25) is 0 Å². The number of aromatic nitrogens is 1. The van der Waals surface area contributed by atoms with Gasteiger partial charge in [0.05, 0.1) is 46.3 Å². The van der Waals surface area contributed by atoms with Gasteiger partial charge in [-0.15, -0.1) is 0 Å². The molecule has 0 aliphatic carbocycles. The van der Waals surface area contributed by atoms with Gasteiger partial charge in [0.15, 0.2) is 0 Å². The highest BCUT2D eigenvalue weighted by atomic mass is 35.5. The summed E-state index contributed by atoms with van der Waals surface area (Å²) in [5, 5.41) is 3.65. The number of pyridine rings is 1. The normalized spacial score (nSPS) is 12.9. The molecular formula is C21H14Cl2FN3O3S. The van der Waals surface area contributed by atoms with Crippen molar-refractivity contribution in [1.29, 1.82) is 0 Å². The van der Waals surface area contributed by atoms with Crippen LogP contribution in [0.3, 0.4) is 0 Å². The number of esters is 1. The van der Waals surface area contributed by atoms with Crippen molar-refractivity contribution in [3.8, 4) is 0 Å². The van der Waals surface area contributed by atoms with Crippen LogP contribution >= 0.6 is 35.0 Å². The SMILES string of the molecule is COC(=O)c1cc(Cl)c(N2C(=O)NCc3nc(Sc4ccc(F)cc4)ccc32)c(Cl)c1. The third-order valence-electron chi connectivity index (χ3n) is 4.47. The van der Waals surface area contributed by atoms with Crippen LogP contribution in [0.15, 0.2) is 58.5 Å². The third kappa shape index (κ3) is 4.32. The smallest absolute Gasteiger partial charge is 0.337 e. The van der Waals surface area contributed by atoms with Gasteiger partial charge in [0.25, 0.3) is 0 Å². The first kappa shape index (κ1) is 21.4. The lowest BCUT2D eigenvalue weighted by Gasteiger charge is -2.31. The Bertz CT molecular complexity index is 1170. The zero-order valence-electron chi connectivity index (χ0n) is 16.0. The number of fused-ring (bicyclic) bond motifs is 1. The number of methoxy groups -OCH3 is 1. The number of nitrogens with zero attached hydrogens (tertiary/aromatic N) is 2. The van der Waals surface area contributed by atoms with Gasteiger partial charge in [-0.25, -0.2) is 19.0 Å². The molecule has 158 valence electrons. The van der Waals surface area contributed by atoms with Gasteiger partial charge in [0.1, 0.15) is 10.8 Å². The number of amides is 2. The molecule has 0 spiro atoms. The first-order valence-corrected chi connectivity index (χ1v) is 10.5. The molecule has 10 heteroatoms. The predicted molar refractivity (Wildman–Crippen MR) is 117 cm³/mol. The predicted octanol–water partition coefficient (Wildman–Crippen LogP) is 5.83. The molecular weight excluding hydrogens is 464 g/mol. The van der Waals surface area contributed by atoms with Gasteiger partial charge < -0.3 is 10.1 Å². The molecule has 6 nitrogen and oxygen atoms in total. The van der Waals surface area contributed by atoms with E-state index in [-0.39, 0.29) is 33.7 Å². The number of hydrogen-bond acceptors (Lipinski definition) is 5. The van der Waals surface area contributed by atoms with E-state index in [2.05, 4.69) is 10.3 Å². The van der Waals surface area contributed by atoms with E-state index in [1.54, 1.807) is 24.3 Å². The maximum Gasteiger partial charge on any atom is 0.337 e. The summed E-state index contributed by atoms with van der Waals surface area (Å²) in [5.74, 6) is -0.906. The molecule has 2 heterocycles. The Morgan fingerprint density at radius 1 is 1.16 bits per heavy atom. The maximum atomic E-state index is 13.1. The molecule has 1 N–H and O–H groups in total. The molecule has 0 radical (unpaired) electrons. The number of rotatable bonds is 4. The van der Waals surface area contributed by atoms with E-state index in [4.69, 9.17) is 27.9 Å². The van der Waals surface area contributed by atoms with E-state index in [0.717, 1.165) is 4.90 Å². The van der Waals surface area contributed by atoms with Gasteiger partial charge in [-0.2, -0.15) is 0 Å². The first-order valence-electron chi connectivity index (χ1n) is 8.96. The fourth-order valence-electron chi connectivity index (χ4n) is 3.07. The van der Waals surface area contributed by atoms with Crippen molar-refractivity contribution in [3.63, 3.8) is 0 Å². The molecule has 31 heavy (non-hydrogen) atoms. The quantitative estimate of drug-likeness (QED) is 0.478. The van der Waals surface area contributed by atoms with Gasteiger partial charge in [-0.05, 0) is 48.5 Å². The highest BCUT2D eigenvalue weighted by molar-refractivity contribution is 7.99. The van der Waals surface area contributed by atoms with Gasteiger partial charge in [-0.3, -0.25) is 4.90 Å². The van der Waals surface area contributed by atoms with Crippen molar-refractivity contribution in [1.82, 2.24) is 10.3 Å². The summed E-state index contributed by atoms with van der Waals surface area (Å²) in [7, 11) is 1.25. The van der Waals surface area contributed by atoms with Crippen molar-refractivity contribution >= 4 is 58.3 Å². The number of hydrogen-bond donors (Lipinski definition) is 1. The summed E-state index contributed by atoms with van der Waals surface area (Å²) in [6.07, 6.45) is 0. The van der Waals surface area contributed by atoms with Crippen LogP contribution in [-0.4, -0.2) is 24.1 Å². The summed E-state index contributed by atoms with van der Waals surface area (Å²) < 4.78 is 17.8. The Morgan fingerprint density at radius 2 is 1.84 bits per heavy atom. The van der Waals surface area contributed by atoms with Crippen molar-refractivity contribution < 1.29 is 18.7 Å². The second-order valence-electron chi connectivity index (χ2n) is 6.45. The molecule has 1 aliphatic rings. The zero-order chi connectivity index (χ0) is 22.1. The number of urea groups is 1. The molecule has 2 aromatic carbocycles. The van der Waals surface area contributed by atoms with Crippen LogP contribution in [0.1, 0.15) is 16.1 Å². The Kier molecular flexibility index (Phi) is 6.04. The number of ether oxygens (including phenoxy) is 1. The van der Waals surface area contributed by atoms with Gasteiger partial charge in [0, 0.05) is 4.90 Å². The van der Waals surface area contributed by atoms with E-state index in [1.165, 1.54) is 48.0 Å². The molecule has 0 saturated carbocycles. The van der Waals surface area contributed by atoms with Gasteiger partial charge >= 0.3 is 12.0 Å². The first-order chi connectivity index (χ1) is 14.9. The van der Waals surface area contributed by atoms with Crippen LogP contribution in [0, 0.1) is 5.82 Å². The summed E-state index contributed by atoms with van der Waals surface area (Å²) in [6.45, 7) is 0.220. The van der Waals surface area contributed by atoms with Crippen LogP contribution in [0.5, 0.6) is 0 Å². The lowest BCUT2D eigenvalue weighted by atomic mass is 10.1. The fourth-order valence-corrected chi connectivity index (χ4v) is 4.53. The van der Waals surface area contributed by atoms with Crippen LogP contribution < -0.4 is 10.2 Å². The molecule has 2 amide bonds. The summed E-state index contributed by atoms with van der Waals surface area (Å²) in [4.78, 5) is 31.3. The van der Waals surface area contributed by atoms with Gasteiger partial charge in [-0.1, -0.05) is 35.0 Å². The molecule has 0 saturated heterocycles. The van der Waals surface area contributed by atoms with Crippen molar-refractivity contribution in [2.24, 2.45) is 0 Å². The number of benzene rings is 2. The minimum absolute atomic E-state index is 0.112. The van der Waals surface area contributed by atoms with E-state index < -0.39 is 12.0 Å². The van der Waals surface area contributed by atoms with Crippen LogP contribution in [-0.2, 0) is 11.3 Å². The number of nitrogens with one attached hydrogen (secondary N) is 1. The number of carbonyl (C=O) groups excluding carboxylic acids is 2. The van der Waals surface area contributed by atoms with Crippen LogP contribution in [0.4, 0.5) is 20.6 Å².